The fourth-order valence-electron chi connectivity index (χ4n) is 2.36. The standard InChI is InChI=1S/C15H23N3O/c1-12-6-4-5-7-13(12)17-14(19)15(2,3)18-10-8-16-9-11-18/h4-7,16H,8-11H2,1-3H3,(H,17,19). The van der Waals surface area contributed by atoms with Crippen LogP contribution in [0, 0.1) is 6.92 Å². The van der Waals surface area contributed by atoms with Crippen LogP contribution in [-0.2, 0) is 4.79 Å². The number of rotatable bonds is 3. The molecular weight excluding hydrogens is 238 g/mol. The Morgan fingerprint density at radius 2 is 1.89 bits per heavy atom. The van der Waals surface area contributed by atoms with Crippen LogP contribution >= 0.6 is 0 Å². The van der Waals surface area contributed by atoms with Crippen molar-refractivity contribution in [3.05, 3.63) is 29.8 Å². The normalized spacial score (nSPS) is 17.2. The zero-order valence-corrected chi connectivity index (χ0v) is 12.0. The van der Waals surface area contributed by atoms with E-state index in [-0.39, 0.29) is 5.91 Å². The van der Waals surface area contributed by atoms with Gasteiger partial charge < -0.3 is 10.6 Å². The van der Waals surface area contributed by atoms with Crippen LogP contribution in [-0.4, -0.2) is 42.5 Å². The van der Waals surface area contributed by atoms with Crippen molar-refractivity contribution in [3.63, 3.8) is 0 Å². The van der Waals surface area contributed by atoms with Gasteiger partial charge in [0.15, 0.2) is 0 Å². The number of nitrogens with zero attached hydrogens (tertiary/aromatic N) is 1. The first kappa shape index (κ1) is 14.0. The first-order valence-electron chi connectivity index (χ1n) is 6.84. The molecule has 0 unspecified atom stereocenters. The fourth-order valence-corrected chi connectivity index (χ4v) is 2.36. The Kier molecular flexibility index (Phi) is 4.22. The van der Waals surface area contributed by atoms with Gasteiger partial charge in [-0.1, -0.05) is 18.2 Å². The number of piperazine rings is 1. The number of amides is 1. The van der Waals surface area contributed by atoms with Gasteiger partial charge in [0, 0.05) is 31.9 Å². The summed E-state index contributed by atoms with van der Waals surface area (Å²) in [5.41, 5.74) is 1.51. The number of hydrogen-bond donors (Lipinski definition) is 2. The van der Waals surface area contributed by atoms with Gasteiger partial charge in [-0.2, -0.15) is 0 Å². The summed E-state index contributed by atoms with van der Waals surface area (Å²) in [5.74, 6) is 0.0590. The zero-order chi connectivity index (χ0) is 13.9. The van der Waals surface area contributed by atoms with E-state index in [1.807, 2.05) is 45.0 Å². The lowest BCUT2D eigenvalue weighted by atomic mass is 10.00. The van der Waals surface area contributed by atoms with E-state index >= 15 is 0 Å². The summed E-state index contributed by atoms with van der Waals surface area (Å²) < 4.78 is 0. The van der Waals surface area contributed by atoms with Crippen LogP contribution in [0.4, 0.5) is 5.69 Å². The molecule has 1 saturated heterocycles. The summed E-state index contributed by atoms with van der Waals surface area (Å²) in [6.07, 6.45) is 0. The summed E-state index contributed by atoms with van der Waals surface area (Å²) in [7, 11) is 0. The molecule has 1 heterocycles. The van der Waals surface area contributed by atoms with Gasteiger partial charge in [-0.05, 0) is 32.4 Å². The topological polar surface area (TPSA) is 44.4 Å². The van der Waals surface area contributed by atoms with E-state index in [1.54, 1.807) is 0 Å². The second-order valence-corrected chi connectivity index (χ2v) is 5.57. The van der Waals surface area contributed by atoms with E-state index < -0.39 is 5.54 Å². The first-order chi connectivity index (χ1) is 9.01. The fraction of sp³-hybridized carbons (Fsp3) is 0.533. The Bertz CT molecular complexity index is 450. The van der Waals surface area contributed by atoms with Crippen LogP contribution in [0.25, 0.3) is 0 Å². The van der Waals surface area contributed by atoms with E-state index in [1.165, 1.54) is 0 Å². The smallest absolute Gasteiger partial charge is 0.244 e. The SMILES string of the molecule is Cc1ccccc1NC(=O)C(C)(C)N1CCNCC1. The number of aryl methyl sites for hydroxylation is 1. The minimum absolute atomic E-state index is 0.0590. The van der Waals surface area contributed by atoms with Gasteiger partial charge in [0.05, 0.1) is 5.54 Å². The van der Waals surface area contributed by atoms with Gasteiger partial charge >= 0.3 is 0 Å². The molecule has 0 bridgehead atoms. The lowest BCUT2D eigenvalue weighted by molar-refractivity contribution is -0.126. The van der Waals surface area contributed by atoms with Crippen molar-refractivity contribution in [2.24, 2.45) is 0 Å². The highest BCUT2D eigenvalue weighted by molar-refractivity contribution is 5.98. The molecular formula is C15H23N3O. The van der Waals surface area contributed by atoms with Crippen molar-refractivity contribution >= 4 is 11.6 Å². The Morgan fingerprint density at radius 1 is 1.26 bits per heavy atom. The molecule has 1 amide bonds. The van der Waals surface area contributed by atoms with Gasteiger partial charge in [0.25, 0.3) is 0 Å². The highest BCUT2D eigenvalue weighted by Gasteiger charge is 2.35. The third-order valence-corrected chi connectivity index (χ3v) is 3.86. The Morgan fingerprint density at radius 3 is 2.53 bits per heavy atom. The predicted molar refractivity (Wildman–Crippen MR) is 78.3 cm³/mol. The molecule has 2 rings (SSSR count). The third-order valence-electron chi connectivity index (χ3n) is 3.86. The van der Waals surface area contributed by atoms with Crippen LogP contribution in [0.1, 0.15) is 19.4 Å². The van der Waals surface area contributed by atoms with Crippen LogP contribution in [0.3, 0.4) is 0 Å². The van der Waals surface area contributed by atoms with Crippen molar-refractivity contribution in [1.29, 1.82) is 0 Å². The molecule has 0 aliphatic carbocycles. The third kappa shape index (κ3) is 3.14. The molecule has 0 saturated carbocycles. The number of para-hydroxylation sites is 1. The molecule has 1 fully saturated rings. The molecule has 0 aromatic heterocycles. The molecule has 104 valence electrons. The highest BCUT2D eigenvalue weighted by Crippen LogP contribution is 2.20. The Labute approximate surface area is 115 Å². The van der Waals surface area contributed by atoms with E-state index in [9.17, 15) is 4.79 Å². The molecule has 1 aromatic rings. The van der Waals surface area contributed by atoms with Crippen molar-refractivity contribution < 1.29 is 4.79 Å². The van der Waals surface area contributed by atoms with Gasteiger partial charge in [0.2, 0.25) is 5.91 Å². The molecule has 0 spiro atoms. The van der Waals surface area contributed by atoms with Crippen molar-refractivity contribution in [1.82, 2.24) is 10.2 Å². The van der Waals surface area contributed by atoms with Crippen molar-refractivity contribution in [2.75, 3.05) is 31.5 Å². The van der Waals surface area contributed by atoms with Gasteiger partial charge in [-0.15, -0.1) is 0 Å². The minimum atomic E-state index is -0.482. The maximum Gasteiger partial charge on any atom is 0.244 e. The molecule has 0 radical (unpaired) electrons. The number of benzene rings is 1. The average Bonchev–Trinajstić information content (AvgIpc) is 2.42. The number of nitrogens with one attached hydrogen (secondary N) is 2. The molecule has 1 aromatic carbocycles. The monoisotopic (exact) mass is 261 g/mol. The molecule has 19 heavy (non-hydrogen) atoms. The maximum absolute atomic E-state index is 12.5. The molecule has 1 aliphatic rings. The van der Waals surface area contributed by atoms with E-state index in [0.29, 0.717) is 0 Å². The second kappa shape index (κ2) is 5.72. The average molecular weight is 261 g/mol. The first-order valence-corrected chi connectivity index (χ1v) is 6.84. The van der Waals surface area contributed by atoms with Crippen LogP contribution in [0.5, 0.6) is 0 Å². The van der Waals surface area contributed by atoms with E-state index in [4.69, 9.17) is 0 Å². The molecule has 4 heteroatoms. The number of carbonyl (C=O) groups is 1. The molecule has 0 atom stereocenters. The van der Waals surface area contributed by atoms with E-state index in [2.05, 4.69) is 15.5 Å². The van der Waals surface area contributed by atoms with E-state index in [0.717, 1.165) is 37.4 Å². The predicted octanol–water partition coefficient (Wildman–Crippen LogP) is 1.62. The summed E-state index contributed by atoms with van der Waals surface area (Å²) in [4.78, 5) is 14.7. The highest BCUT2D eigenvalue weighted by atomic mass is 16.2. The maximum atomic E-state index is 12.5. The second-order valence-electron chi connectivity index (χ2n) is 5.57. The summed E-state index contributed by atoms with van der Waals surface area (Å²) >= 11 is 0. The Balaban J connectivity index is 2.08. The van der Waals surface area contributed by atoms with Crippen LogP contribution in [0.15, 0.2) is 24.3 Å². The van der Waals surface area contributed by atoms with Gasteiger partial charge in [-0.25, -0.2) is 0 Å². The van der Waals surface area contributed by atoms with Gasteiger partial charge in [-0.3, -0.25) is 9.69 Å². The summed E-state index contributed by atoms with van der Waals surface area (Å²) in [5, 5.41) is 6.36. The quantitative estimate of drug-likeness (QED) is 0.869. The largest absolute Gasteiger partial charge is 0.324 e. The molecule has 2 N–H and O–H groups in total. The lowest BCUT2D eigenvalue weighted by Crippen LogP contribution is -2.58. The molecule has 4 nitrogen and oxygen atoms in total. The number of anilines is 1. The van der Waals surface area contributed by atoms with Crippen molar-refractivity contribution in [2.45, 2.75) is 26.3 Å². The summed E-state index contributed by atoms with van der Waals surface area (Å²) in [6.45, 7) is 9.70. The van der Waals surface area contributed by atoms with Crippen molar-refractivity contribution in [3.8, 4) is 0 Å². The molecule has 1 aliphatic heterocycles. The van der Waals surface area contributed by atoms with Crippen LogP contribution < -0.4 is 10.6 Å². The number of carbonyl (C=O) groups excluding carboxylic acids is 1. The minimum Gasteiger partial charge on any atom is -0.324 e. The lowest BCUT2D eigenvalue weighted by Gasteiger charge is -2.39. The zero-order valence-electron chi connectivity index (χ0n) is 12.0. The number of hydrogen-bond acceptors (Lipinski definition) is 3. The summed E-state index contributed by atoms with van der Waals surface area (Å²) in [6, 6.07) is 7.88. The van der Waals surface area contributed by atoms with Crippen LogP contribution in [0.2, 0.25) is 0 Å². The Hall–Kier alpha value is -1.39. The van der Waals surface area contributed by atoms with Gasteiger partial charge in [0.1, 0.15) is 0 Å².